The minimum atomic E-state index is -0.430. The molecule has 0 bridgehead atoms. The van der Waals surface area contributed by atoms with Gasteiger partial charge >= 0.3 is 0 Å². The Labute approximate surface area is 164 Å². The molecule has 0 saturated carbocycles. The van der Waals surface area contributed by atoms with Crippen LogP contribution in [0.25, 0.3) is 20.8 Å². The van der Waals surface area contributed by atoms with Crippen LogP contribution in [0.3, 0.4) is 0 Å². The molecule has 1 amide bonds. The van der Waals surface area contributed by atoms with E-state index in [-0.39, 0.29) is 5.92 Å². The zero-order valence-corrected chi connectivity index (χ0v) is 16.7. The number of amides is 1. The van der Waals surface area contributed by atoms with Gasteiger partial charge in [-0.1, -0.05) is 6.07 Å². The van der Waals surface area contributed by atoms with E-state index in [9.17, 15) is 4.79 Å². The molecule has 2 N–H and O–H groups in total. The summed E-state index contributed by atoms with van der Waals surface area (Å²) in [5, 5.41) is 0.768. The van der Waals surface area contributed by atoms with E-state index in [0.717, 1.165) is 31.2 Å². The number of rotatable bonds is 4. The summed E-state index contributed by atoms with van der Waals surface area (Å²) in [6.45, 7) is 4.40. The fourth-order valence-electron chi connectivity index (χ4n) is 3.26. The Morgan fingerprint density at radius 2 is 2.00 bits per heavy atom. The van der Waals surface area contributed by atoms with E-state index in [4.69, 9.17) is 24.9 Å². The molecule has 8 heteroatoms. The monoisotopic (exact) mass is 404 g/mol. The number of primary amides is 1. The summed E-state index contributed by atoms with van der Waals surface area (Å²) in [4.78, 5) is 18.2. The van der Waals surface area contributed by atoms with Crippen molar-refractivity contribution in [3.63, 3.8) is 0 Å². The first-order valence-corrected chi connectivity index (χ1v) is 10.2. The number of methoxy groups -OCH3 is 1. The summed E-state index contributed by atoms with van der Waals surface area (Å²) in [6.07, 6.45) is 0. The first-order chi connectivity index (χ1) is 13.1. The number of thiazole rings is 1. The first kappa shape index (κ1) is 18.4. The van der Waals surface area contributed by atoms with Gasteiger partial charge in [0.25, 0.3) is 5.91 Å². The Bertz CT molecular complexity index is 987. The third-order valence-corrected chi connectivity index (χ3v) is 6.72. The van der Waals surface area contributed by atoms with Crippen LogP contribution in [0.15, 0.2) is 18.2 Å². The third kappa shape index (κ3) is 3.45. The van der Waals surface area contributed by atoms with E-state index >= 15 is 0 Å². The molecule has 0 atom stereocenters. The van der Waals surface area contributed by atoms with Crippen LogP contribution in [-0.4, -0.2) is 44.4 Å². The van der Waals surface area contributed by atoms with Crippen LogP contribution in [0.5, 0.6) is 5.75 Å². The third-order valence-electron chi connectivity index (χ3n) is 4.52. The van der Waals surface area contributed by atoms with Crippen LogP contribution >= 0.6 is 22.7 Å². The molecule has 4 rings (SSSR count). The predicted molar refractivity (Wildman–Crippen MR) is 107 cm³/mol. The summed E-state index contributed by atoms with van der Waals surface area (Å²) in [5.41, 5.74) is 8.27. The fourth-order valence-corrected chi connectivity index (χ4v) is 5.38. The maximum atomic E-state index is 11.9. The molecule has 0 spiro atoms. The lowest BCUT2D eigenvalue weighted by atomic mass is 10.00. The molecule has 2 aromatic heterocycles. The van der Waals surface area contributed by atoms with E-state index in [1.165, 1.54) is 11.3 Å². The van der Waals surface area contributed by atoms with Crippen LogP contribution < -0.4 is 10.5 Å². The SMILES string of the molecule is COc1ccc(C2COCCOC2)c2sc(-c3cc(C)sc3C(N)=O)nc12. The van der Waals surface area contributed by atoms with Gasteiger partial charge in [-0.2, -0.15) is 0 Å². The van der Waals surface area contributed by atoms with Gasteiger partial charge in [0.15, 0.2) is 0 Å². The number of aryl methyl sites for hydroxylation is 1. The van der Waals surface area contributed by atoms with Crippen LogP contribution in [0.1, 0.15) is 26.0 Å². The standard InChI is InChI=1S/C19H20N2O4S2/c1-10-7-13(17(26-10)18(20)22)19-21-15-14(23-2)4-3-12(16(15)27-19)11-8-24-5-6-25-9-11/h3-4,7,11H,5-6,8-9H2,1-2H3,(H2,20,22). The maximum Gasteiger partial charge on any atom is 0.259 e. The van der Waals surface area contributed by atoms with E-state index in [1.807, 2.05) is 19.1 Å². The molecule has 1 aliphatic heterocycles. The zero-order chi connectivity index (χ0) is 19.0. The van der Waals surface area contributed by atoms with Crippen molar-refractivity contribution in [2.45, 2.75) is 12.8 Å². The number of hydrogen-bond donors (Lipinski definition) is 1. The molecule has 27 heavy (non-hydrogen) atoms. The highest BCUT2D eigenvalue weighted by atomic mass is 32.1. The van der Waals surface area contributed by atoms with Crippen LogP contribution in [0.4, 0.5) is 0 Å². The van der Waals surface area contributed by atoms with E-state index in [2.05, 4.69) is 6.07 Å². The Morgan fingerprint density at radius 1 is 1.26 bits per heavy atom. The molecule has 1 fully saturated rings. The number of carbonyl (C=O) groups is 1. The molecule has 1 aromatic carbocycles. The van der Waals surface area contributed by atoms with Gasteiger partial charge in [0.05, 0.1) is 38.2 Å². The van der Waals surface area contributed by atoms with Gasteiger partial charge in [0, 0.05) is 16.4 Å². The number of fused-ring (bicyclic) bond motifs is 1. The Kier molecular flexibility index (Phi) is 5.14. The van der Waals surface area contributed by atoms with Gasteiger partial charge in [-0.3, -0.25) is 4.79 Å². The zero-order valence-electron chi connectivity index (χ0n) is 15.1. The Hall–Kier alpha value is -2.00. The summed E-state index contributed by atoms with van der Waals surface area (Å²) in [6, 6.07) is 5.95. The van der Waals surface area contributed by atoms with Gasteiger partial charge in [-0.05, 0) is 24.6 Å². The molecule has 1 saturated heterocycles. The van der Waals surface area contributed by atoms with Crippen molar-refractivity contribution in [1.29, 1.82) is 0 Å². The second-order valence-electron chi connectivity index (χ2n) is 6.36. The topological polar surface area (TPSA) is 83.7 Å². The molecular formula is C19H20N2O4S2. The van der Waals surface area contributed by atoms with Crippen molar-refractivity contribution in [2.75, 3.05) is 33.5 Å². The fraction of sp³-hybridized carbons (Fsp3) is 0.368. The van der Waals surface area contributed by atoms with Crippen molar-refractivity contribution in [1.82, 2.24) is 4.98 Å². The van der Waals surface area contributed by atoms with Crippen molar-refractivity contribution >= 4 is 38.8 Å². The molecule has 3 aromatic rings. The highest BCUT2D eigenvalue weighted by Crippen LogP contribution is 2.42. The van der Waals surface area contributed by atoms with Gasteiger partial charge in [0.1, 0.15) is 21.2 Å². The van der Waals surface area contributed by atoms with Crippen molar-refractivity contribution in [2.24, 2.45) is 5.73 Å². The van der Waals surface area contributed by atoms with Gasteiger partial charge in [0.2, 0.25) is 0 Å². The lowest BCUT2D eigenvalue weighted by Crippen LogP contribution is -2.10. The van der Waals surface area contributed by atoms with Crippen molar-refractivity contribution < 1.29 is 19.0 Å². The minimum absolute atomic E-state index is 0.133. The summed E-state index contributed by atoms with van der Waals surface area (Å²) in [7, 11) is 1.63. The summed E-state index contributed by atoms with van der Waals surface area (Å²) in [5.74, 6) is 0.411. The van der Waals surface area contributed by atoms with Crippen LogP contribution in [0.2, 0.25) is 0 Å². The lowest BCUT2D eigenvalue weighted by Gasteiger charge is -2.15. The average molecular weight is 405 g/mol. The Balaban J connectivity index is 1.87. The molecule has 142 valence electrons. The number of thiophene rings is 1. The second kappa shape index (κ2) is 7.55. The van der Waals surface area contributed by atoms with Crippen molar-refractivity contribution in [3.05, 3.63) is 33.5 Å². The first-order valence-electron chi connectivity index (χ1n) is 8.62. The summed E-state index contributed by atoms with van der Waals surface area (Å²) < 4.78 is 17.9. The molecule has 1 aliphatic rings. The highest BCUT2D eigenvalue weighted by molar-refractivity contribution is 7.22. The number of carbonyl (C=O) groups excluding carboxylic acids is 1. The normalized spacial score (nSPS) is 15.8. The molecule has 3 heterocycles. The van der Waals surface area contributed by atoms with Crippen LogP contribution in [-0.2, 0) is 9.47 Å². The number of nitrogens with two attached hydrogens (primary N) is 1. The number of hydrogen-bond acceptors (Lipinski definition) is 7. The van der Waals surface area contributed by atoms with Crippen LogP contribution in [0, 0.1) is 6.92 Å². The molecule has 0 unspecified atom stereocenters. The molecular weight excluding hydrogens is 384 g/mol. The summed E-state index contributed by atoms with van der Waals surface area (Å²) >= 11 is 2.94. The maximum absolute atomic E-state index is 11.9. The van der Waals surface area contributed by atoms with E-state index in [1.54, 1.807) is 18.4 Å². The van der Waals surface area contributed by atoms with Crippen molar-refractivity contribution in [3.8, 4) is 16.3 Å². The number of nitrogens with zero attached hydrogens (tertiary/aromatic N) is 1. The Morgan fingerprint density at radius 3 is 2.67 bits per heavy atom. The largest absolute Gasteiger partial charge is 0.494 e. The smallest absolute Gasteiger partial charge is 0.259 e. The number of benzene rings is 1. The van der Waals surface area contributed by atoms with Gasteiger partial charge < -0.3 is 19.9 Å². The minimum Gasteiger partial charge on any atom is -0.494 e. The highest BCUT2D eigenvalue weighted by Gasteiger charge is 2.24. The quantitative estimate of drug-likeness (QED) is 0.719. The molecule has 0 aliphatic carbocycles. The van der Waals surface area contributed by atoms with Gasteiger partial charge in [-0.25, -0.2) is 4.98 Å². The average Bonchev–Trinajstić information content (AvgIpc) is 3.16. The van der Waals surface area contributed by atoms with E-state index in [0.29, 0.717) is 37.1 Å². The van der Waals surface area contributed by atoms with E-state index < -0.39 is 5.91 Å². The molecule has 6 nitrogen and oxygen atoms in total. The second-order valence-corrected chi connectivity index (χ2v) is 8.62. The number of ether oxygens (including phenoxy) is 3. The lowest BCUT2D eigenvalue weighted by molar-refractivity contribution is 0.100. The number of aromatic nitrogens is 1. The van der Waals surface area contributed by atoms with Gasteiger partial charge in [-0.15, -0.1) is 22.7 Å². The predicted octanol–water partition coefficient (Wildman–Crippen LogP) is 3.57. The molecule has 0 radical (unpaired) electrons.